The lowest BCUT2D eigenvalue weighted by molar-refractivity contribution is 0.362. The molecule has 8 heteroatoms. The van der Waals surface area contributed by atoms with Gasteiger partial charge in [0.15, 0.2) is 8.32 Å². The molecule has 0 aliphatic heterocycles. The second kappa shape index (κ2) is 9.94. The SMILES string of the molecule is Cc1c(N[C@@H](c2nnc(-c3ccccc3)s2)[C@H](C)CC(C)(C)[Si](C)(C)O)ccc(C#N)c1Cl. The summed E-state index contributed by atoms with van der Waals surface area (Å²) in [5.74, 6) is 0.157. The minimum Gasteiger partial charge on any atom is -0.432 e. The van der Waals surface area contributed by atoms with Gasteiger partial charge in [0.2, 0.25) is 0 Å². The van der Waals surface area contributed by atoms with E-state index in [0.717, 1.165) is 33.3 Å². The summed E-state index contributed by atoms with van der Waals surface area (Å²) in [4.78, 5) is 10.9. The molecule has 3 aromatic rings. The molecule has 2 aromatic carbocycles. The van der Waals surface area contributed by atoms with Gasteiger partial charge in [-0.25, -0.2) is 0 Å². The van der Waals surface area contributed by atoms with Crippen LogP contribution in [0.1, 0.15) is 49.4 Å². The van der Waals surface area contributed by atoms with E-state index in [4.69, 9.17) is 11.6 Å². The van der Waals surface area contributed by atoms with Crippen LogP contribution >= 0.6 is 22.9 Å². The van der Waals surface area contributed by atoms with Crippen LogP contribution in [0.4, 0.5) is 5.69 Å². The highest BCUT2D eigenvalue weighted by Gasteiger charge is 2.41. The lowest BCUT2D eigenvalue weighted by atomic mass is 9.91. The number of benzene rings is 2. The molecule has 1 aromatic heterocycles. The number of hydrogen-bond acceptors (Lipinski definition) is 6. The third-order valence-electron chi connectivity index (χ3n) is 6.60. The molecule has 2 atom stereocenters. The van der Waals surface area contributed by atoms with E-state index in [1.807, 2.05) is 56.4 Å². The van der Waals surface area contributed by atoms with Gasteiger partial charge in [-0.3, -0.25) is 0 Å². The lowest BCUT2D eigenvalue weighted by Gasteiger charge is -2.39. The van der Waals surface area contributed by atoms with E-state index in [9.17, 15) is 10.1 Å². The van der Waals surface area contributed by atoms with Gasteiger partial charge in [-0.2, -0.15) is 5.26 Å². The first-order valence-corrected chi connectivity index (χ1v) is 15.2. The summed E-state index contributed by atoms with van der Waals surface area (Å²) in [6.07, 6.45) is 0.823. The standard InChI is InChI=1S/C25H31ClN4OSSi/c1-16(14-25(3,4)33(5,6)31)22(28-20-13-12-19(15-27)21(26)17(20)2)24-30-29-23(32-24)18-10-8-7-9-11-18/h7-13,16,22,28,31H,14H2,1-6H3/t16-,22-/m1/s1. The first-order chi connectivity index (χ1) is 15.4. The van der Waals surface area contributed by atoms with Gasteiger partial charge in [-0.15, -0.1) is 10.2 Å². The fourth-order valence-electron chi connectivity index (χ4n) is 3.77. The van der Waals surface area contributed by atoms with Crippen molar-refractivity contribution >= 4 is 36.9 Å². The first-order valence-electron chi connectivity index (χ1n) is 11.0. The van der Waals surface area contributed by atoms with Crippen molar-refractivity contribution in [3.8, 4) is 16.6 Å². The van der Waals surface area contributed by atoms with Gasteiger partial charge in [0.1, 0.15) is 16.1 Å². The highest BCUT2D eigenvalue weighted by atomic mass is 35.5. The van der Waals surface area contributed by atoms with Crippen molar-refractivity contribution in [2.24, 2.45) is 5.92 Å². The molecule has 0 radical (unpaired) electrons. The van der Waals surface area contributed by atoms with E-state index in [1.54, 1.807) is 17.4 Å². The van der Waals surface area contributed by atoms with Crippen LogP contribution in [0.25, 0.3) is 10.6 Å². The predicted octanol–water partition coefficient (Wildman–Crippen LogP) is 7.20. The van der Waals surface area contributed by atoms with Crippen molar-refractivity contribution in [1.82, 2.24) is 10.2 Å². The molecule has 0 saturated carbocycles. The van der Waals surface area contributed by atoms with E-state index in [2.05, 4.69) is 42.4 Å². The number of aromatic nitrogens is 2. The zero-order valence-corrected chi connectivity index (χ0v) is 22.6. The molecule has 174 valence electrons. The van der Waals surface area contributed by atoms with Crippen LogP contribution in [0.15, 0.2) is 42.5 Å². The van der Waals surface area contributed by atoms with Gasteiger partial charge in [0.05, 0.1) is 16.6 Å². The molecule has 0 aliphatic carbocycles. The maximum atomic E-state index is 10.9. The highest BCUT2D eigenvalue weighted by Crippen LogP contribution is 2.46. The summed E-state index contributed by atoms with van der Waals surface area (Å²) in [5.41, 5.74) is 3.19. The Morgan fingerprint density at radius 3 is 2.45 bits per heavy atom. The molecule has 2 N–H and O–H groups in total. The van der Waals surface area contributed by atoms with Gasteiger partial charge in [0, 0.05) is 11.3 Å². The Morgan fingerprint density at radius 2 is 1.85 bits per heavy atom. The number of halogens is 1. The quantitative estimate of drug-likeness (QED) is 0.321. The monoisotopic (exact) mass is 498 g/mol. The Bertz CT molecular complexity index is 1150. The second-order valence-corrected chi connectivity index (χ2v) is 15.6. The number of nitriles is 1. The molecule has 3 rings (SSSR count). The summed E-state index contributed by atoms with van der Waals surface area (Å²) < 4.78 is 0. The number of nitrogens with zero attached hydrogens (tertiary/aromatic N) is 3. The lowest BCUT2D eigenvalue weighted by Crippen LogP contribution is -2.40. The van der Waals surface area contributed by atoms with Crippen LogP contribution in [0.3, 0.4) is 0 Å². The largest absolute Gasteiger partial charge is 0.432 e. The summed E-state index contributed by atoms with van der Waals surface area (Å²) >= 11 is 8.01. The fraction of sp³-hybridized carbons (Fsp3) is 0.400. The highest BCUT2D eigenvalue weighted by molar-refractivity contribution is 7.14. The normalized spacial score (nSPS) is 13.9. The van der Waals surface area contributed by atoms with Crippen molar-refractivity contribution in [2.75, 3.05) is 5.32 Å². The maximum absolute atomic E-state index is 10.9. The van der Waals surface area contributed by atoms with E-state index in [0.29, 0.717) is 10.6 Å². The fourth-order valence-corrected chi connectivity index (χ4v) is 5.83. The topological polar surface area (TPSA) is 81.8 Å². The van der Waals surface area contributed by atoms with Gasteiger partial charge < -0.3 is 10.1 Å². The average molecular weight is 499 g/mol. The Morgan fingerprint density at radius 1 is 1.18 bits per heavy atom. The number of anilines is 1. The summed E-state index contributed by atoms with van der Waals surface area (Å²) in [7, 11) is -2.38. The molecule has 0 amide bonds. The molecular formula is C25H31ClN4OSSi. The van der Waals surface area contributed by atoms with Crippen molar-refractivity contribution in [1.29, 1.82) is 5.26 Å². The Hall–Kier alpha value is -2.24. The van der Waals surface area contributed by atoms with Gasteiger partial charge in [-0.1, -0.05) is 74.0 Å². The predicted molar refractivity (Wildman–Crippen MR) is 140 cm³/mol. The molecular weight excluding hydrogens is 468 g/mol. The summed E-state index contributed by atoms with van der Waals surface area (Å²) in [6, 6.07) is 15.7. The van der Waals surface area contributed by atoms with Gasteiger partial charge >= 0.3 is 0 Å². The van der Waals surface area contributed by atoms with Crippen LogP contribution in [0, 0.1) is 24.2 Å². The molecule has 33 heavy (non-hydrogen) atoms. The molecule has 0 spiro atoms. The average Bonchev–Trinajstić information content (AvgIpc) is 3.24. The van der Waals surface area contributed by atoms with Crippen molar-refractivity contribution in [3.05, 3.63) is 63.6 Å². The minimum atomic E-state index is -2.38. The van der Waals surface area contributed by atoms with Crippen LogP contribution in [0.2, 0.25) is 23.2 Å². The molecule has 1 heterocycles. The van der Waals surface area contributed by atoms with E-state index in [-0.39, 0.29) is 17.0 Å². The summed E-state index contributed by atoms with van der Waals surface area (Å²) in [6.45, 7) is 12.4. The number of hydrogen-bond donors (Lipinski definition) is 2. The number of nitrogens with one attached hydrogen (secondary N) is 1. The zero-order chi connectivity index (χ0) is 24.4. The van der Waals surface area contributed by atoms with Crippen molar-refractivity contribution < 1.29 is 4.80 Å². The van der Waals surface area contributed by atoms with Crippen LogP contribution in [-0.2, 0) is 0 Å². The Balaban J connectivity index is 2.00. The van der Waals surface area contributed by atoms with Crippen LogP contribution in [-0.4, -0.2) is 23.3 Å². The van der Waals surface area contributed by atoms with Crippen LogP contribution in [0.5, 0.6) is 0 Å². The molecule has 0 fully saturated rings. The van der Waals surface area contributed by atoms with E-state index in [1.165, 1.54) is 0 Å². The maximum Gasteiger partial charge on any atom is 0.188 e. The third-order valence-corrected chi connectivity index (χ3v) is 11.7. The van der Waals surface area contributed by atoms with Crippen molar-refractivity contribution in [2.45, 2.75) is 58.3 Å². The second-order valence-electron chi connectivity index (χ2n) is 9.77. The molecule has 0 bridgehead atoms. The minimum absolute atomic E-state index is 0.127. The molecule has 0 saturated heterocycles. The van der Waals surface area contributed by atoms with Gasteiger partial charge in [-0.05, 0) is 55.1 Å². The van der Waals surface area contributed by atoms with E-state index < -0.39 is 8.32 Å². The van der Waals surface area contributed by atoms with Crippen molar-refractivity contribution in [3.63, 3.8) is 0 Å². The smallest absolute Gasteiger partial charge is 0.188 e. The zero-order valence-electron chi connectivity index (χ0n) is 20.0. The molecule has 5 nitrogen and oxygen atoms in total. The Kier molecular flexibility index (Phi) is 7.64. The van der Waals surface area contributed by atoms with E-state index >= 15 is 0 Å². The molecule has 0 aliphatic rings. The third kappa shape index (κ3) is 5.64. The molecule has 0 unspecified atom stereocenters. The van der Waals surface area contributed by atoms with Crippen LogP contribution < -0.4 is 5.32 Å². The first kappa shape index (κ1) is 25.4. The Labute approximate surface area is 206 Å². The number of rotatable bonds is 8. The summed E-state index contributed by atoms with van der Waals surface area (Å²) in [5, 5.41) is 24.0. The van der Waals surface area contributed by atoms with Gasteiger partial charge in [0.25, 0.3) is 0 Å².